The predicted octanol–water partition coefficient (Wildman–Crippen LogP) is 16.9. The van der Waals surface area contributed by atoms with E-state index >= 15 is 0 Å². The van der Waals surface area contributed by atoms with E-state index in [0.717, 1.165) is 83.5 Å². The molecule has 1 unspecified atom stereocenters. The lowest BCUT2D eigenvalue weighted by Crippen LogP contribution is -2.30. The number of carbonyl (C=O) groups excluding carboxylic acids is 3. The summed E-state index contributed by atoms with van der Waals surface area (Å²) in [6.45, 7) is 6.52. The minimum Gasteiger partial charge on any atom is -0.462 e. The monoisotopic (exact) mass is 843 g/mol. The molecule has 0 bridgehead atoms. The Kier molecular flexibility index (Phi) is 47.3. The Labute approximate surface area is 372 Å². The van der Waals surface area contributed by atoms with E-state index in [1.165, 1.54) is 148 Å². The molecule has 0 saturated heterocycles. The lowest BCUT2D eigenvalue weighted by Gasteiger charge is -2.18. The number of hydrogen-bond donors (Lipinski definition) is 0. The van der Waals surface area contributed by atoms with Gasteiger partial charge in [-0.25, -0.2) is 0 Å². The van der Waals surface area contributed by atoms with Crippen LogP contribution in [-0.4, -0.2) is 37.2 Å². The lowest BCUT2D eigenvalue weighted by molar-refractivity contribution is -0.167. The summed E-state index contributed by atoms with van der Waals surface area (Å²) >= 11 is 0. The first-order valence-corrected chi connectivity index (χ1v) is 26.0. The molecule has 0 aliphatic heterocycles. The molecule has 0 aromatic carbocycles. The van der Waals surface area contributed by atoms with Crippen molar-refractivity contribution >= 4 is 17.9 Å². The van der Waals surface area contributed by atoms with Gasteiger partial charge in [-0.15, -0.1) is 0 Å². The summed E-state index contributed by atoms with van der Waals surface area (Å²) in [5.74, 6) is -0.878. The maximum atomic E-state index is 12.8. The van der Waals surface area contributed by atoms with Crippen molar-refractivity contribution in [2.24, 2.45) is 0 Å². The molecule has 0 fully saturated rings. The molecule has 0 N–H and O–H groups in total. The van der Waals surface area contributed by atoms with Crippen LogP contribution in [0.2, 0.25) is 0 Å². The summed E-state index contributed by atoms with van der Waals surface area (Å²) in [5, 5.41) is 0. The quantitative estimate of drug-likeness (QED) is 0.0263. The normalized spacial score (nSPS) is 12.2. The molecular formula is C54H98O6. The summed E-state index contributed by atoms with van der Waals surface area (Å²) in [5.41, 5.74) is 0. The largest absolute Gasteiger partial charge is 0.462 e. The molecule has 1 atom stereocenters. The third-order valence-electron chi connectivity index (χ3n) is 11.4. The van der Waals surface area contributed by atoms with Crippen molar-refractivity contribution in [1.29, 1.82) is 0 Å². The highest BCUT2D eigenvalue weighted by atomic mass is 16.6. The Morgan fingerprint density at radius 2 is 0.650 bits per heavy atom. The second-order valence-electron chi connectivity index (χ2n) is 17.4. The number of hydrogen-bond acceptors (Lipinski definition) is 6. The molecule has 0 aromatic heterocycles. The van der Waals surface area contributed by atoms with Gasteiger partial charge in [-0.05, 0) is 51.4 Å². The molecule has 0 saturated carbocycles. The van der Waals surface area contributed by atoms with Crippen LogP contribution in [0.3, 0.4) is 0 Å². The van der Waals surface area contributed by atoms with Crippen LogP contribution in [0.25, 0.3) is 0 Å². The van der Waals surface area contributed by atoms with Crippen molar-refractivity contribution < 1.29 is 28.6 Å². The maximum Gasteiger partial charge on any atom is 0.306 e. The Balaban J connectivity index is 4.30. The van der Waals surface area contributed by atoms with E-state index in [0.29, 0.717) is 19.3 Å². The molecule has 6 heteroatoms. The Morgan fingerprint density at radius 1 is 0.350 bits per heavy atom. The fourth-order valence-corrected chi connectivity index (χ4v) is 7.52. The van der Waals surface area contributed by atoms with Crippen molar-refractivity contribution in [3.63, 3.8) is 0 Å². The first kappa shape index (κ1) is 57.6. The average molecular weight is 843 g/mol. The van der Waals surface area contributed by atoms with Crippen molar-refractivity contribution in [1.82, 2.24) is 0 Å². The van der Waals surface area contributed by atoms with Crippen LogP contribution < -0.4 is 0 Å². The van der Waals surface area contributed by atoms with Crippen molar-refractivity contribution in [3.8, 4) is 0 Å². The number of esters is 3. The van der Waals surface area contributed by atoms with Gasteiger partial charge in [-0.3, -0.25) is 14.4 Å². The van der Waals surface area contributed by atoms with Gasteiger partial charge < -0.3 is 14.2 Å². The molecule has 0 amide bonds. The van der Waals surface area contributed by atoms with Gasteiger partial charge in [0.05, 0.1) is 0 Å². The zero-order chi connectivity index (χ0) is 43.7. The van der Waals surface area contributed by atoms with Crippen LogP contribution in [0.15, 0.2) is 36.5 Å². The maximum absolute atomic E-state index is 12.8. The Bertz CT molecular complexity index is 1020. The van der Waals surface area contributed by atoms with E-state index in [2.05, 4.69) is 57.2 Å². The molecule has 350 valence electrons. The van der Waals surface area contributed by atoms with Gasteiger partial charge in [0.2, 0.25) is 0 Å². The SMILES string of the molecule is CC/C=C\C/C=C\C/C=C\CCCCCCCCC(=O)OC(COC(=O)CCCCCCCCCCC)COC(=O)CCCCCCCCCCCCCCCCCCC. The fourth-order valence-electron chi connectivity index (χ4n) is 7.52. The van der Waals surface area contributed by atoms with E-state index < -0.39 is 6.10 Å². The van der Waals surface area contributed by atoms with Crippen LogP contribution in [0.4, 0.5) is 0 Å². The zero-order valence-corrected chi connectivity index (χ0v) is 40.0. The molecule has 6 nitrogen and oxygen atoms in total. The summed E-state index contributed by atoms with van der Waals surface area (Å²) in [7, 11) is 0. The number of unbranched alkanes of at least 4 members (excludes halogenated alkanes) is 30. The van der Waals surface area contributed by atoms with Gasteiger partial charge in [0.25, 0.3) is 0 Å². The predicted molar refractivity (Wildman–Crippen MR) is 256 cm³/mol. The minimum absolute atomic E-state index is 0.0735. The van der Waals surface area contributed by atoms with Crippen molar-refractivity contribution in [3.05, 3.63) is 36.5 Å². The second kappa shape index (κ2) is 49.3. The highest BCUT2D eigenvalue weighted by Crippen LogP contribution is 2.16. The second-order valence-corrected chi connectivity index (χ2v) is 17.4. The van der Waals surface area contributed by atoms with Gasteiger partial charge in [-0.2, -0.15) is 0 Å². The standard InChI is InChI=1S/C54H98O6/c1-4-7-10-13-16-19-21-23-25-27-29-30-32-35-38-41-44-47-53(56)59-50-51(49-58-52(55)46-43-40-37-34-18-15-12-9-6-3)60-54(57)48-45-42-39-36-33-31-28-26-24-22-20-17-14-11-8-5-2/h8,11,17,20,24,26,51H,4-7,9-10,12-16,18-19,21-23,25,27-50H2,1-3H3/b11-8-,20-17-,26-24-. The third-order valence-corrected chi connectivity index (χ3v) is 11.4. The average Bonchev–Trinajstić information content (AvgIpc) is 3.24. The van der Waals surface area contributed by atoms with Crippen molar-refractivity contribution in [2.45, 2.75) is 277 Å². The van der Waals surface area contributed by atoms with E-state index in [1.807, 2.05) is 0 Å². The van der Waals surface area contributed by atoms with Crippen LogP contribution in [0.1, 0.15) is 271 Å². The number of ether oxygens (including phenoxy) is 3. The molecule has 0 rings (SSSR count). The highest BCUT2D eigenvalue weighted by molar-refractivity contribution is 5.71. The van der Waals surface area contributed by atoms with Crippen LogP contribution in [0.5, 0.6) is 0 Å². The Hall–Kier alpha value is -2.37. The minimum atomic E-state index is -0.773. The number of rotatable bonds is 47. The molecule has 60 heavy (non-hydrogen) atoms. The highest BCUT2D eigenvalue weighted by Gasteiger charge is 2.19. The van der Waals surface area contributed by atoms with Crippen molar-refractivity contribution in [2.75, 3.05) is 13.2 Å². The molecule has 0 aromatic rings. The third kappa shape index (κ3) is 46.7. The fraction of sp³-hybridized carbons (Fsp3) is 0.833. The molecule has 0 heterocycles. The van der Waals surface area contributed by atoms with Gasteiger partial charge in [-0.1, -0.05) is 237 Å². The topological polar surface area (TPSA) is 78.9 Å². The molecule has 0 radical (unpaired) electrons. The van der Waals surface area contributed by atoms with E-state index in [1.54, 1.807) is 0 Å². The summed E-state index contributed by atoms with van der Waals surface area (Å²) in [6, 6.07) is 0. The van der Waals surface area contributed by atoms with Gasteiger partial charge >= 0.3 is 17.9 Å². The van der Waals surface area contributed by atoms with E-state index in [-0.39, 0.29) is 31.1 Å². The zero-order valence-electron chi connectivity index (χ0n) is 40.0. The van der Waals surface area contributed by atoms with Crippen LogP contribution >= 0.6 is 0 Å². The van der Waals surface area contributed by atoms with Gasteiger partial charge in [0.1, 0.15) is 13.2 Å². The first-order valence-electron chi connectivity index (χ1n) is 26.0. The summed E-state index contributed by atoms with van der Waals surface area (Å²) < 4.78 is 16.8. The molecule has 0 aliphatic carbocycles. The van der Waals surface area contributed by atoms with Gasteiger partial charge in [0.15, 0.2) is 6.10 Å². The summed E-state index contributed by atoms with van der Waals surface area (Å²) in [6.07, 6.45) is 57.0. The number of allylic oxidation sites excluding steroid dienone is 6. The Morgan fingerprint density at radius 3 is 1.02 bits per heavy atom. The van der Waals surface area contributed by atoms with Crippen LogP contribution in [-0.2, 0) is 28.6 Å². The number of carbonyl (C=O) groups is 3. The lowest BCUT2D eigenvalue weighted by atomic mass is 10.0. The first-order chi connectivity index (χ1) is 29.5. The molecule has 0 aliphatic rings. The molecule has 0 spiro atoms. The summed E-state index contributed by atoms with van der Waals surface area (Å²) in [4.78, 5) is 37.9. The van der Waals surface area contributed by atoms with E-state index in [4.69, 9.17) is 14.2 Å². The van der Waals surface area contributed by atoms with Crippen LogP contribution in [0, 0.1) is 0 Å². The molecular weight excluding hydrogens is 745 g/mol. The van der Waals surface area contributed by atoms with E-state index in [9.17, 15) is 14.4 Å². The van der Waals surface area contributed by atoms with Gasteiger partial charge in [0, 0.05) is 19.3 Å². The smallest absolute Gasteiger partial charge is 0.306 e.